The predicted octanol–water partition coefficient (Wildman–Crippen LogP) is 5.77. The lowest BCUT2D eigenvalue weighted by Crippen LogP contribution is -2.20. The zero-order chi connectivity index (χ0) is 26.7. The largest absolute Gasteiger partial charge is 0.341 e. The quantitative estimate of drug-likeness (QED) is 0.190. The Bertz CT molecular complexity index is 1620. The smallest absolute Gasteiger partial charge is 0.120 e. The predicted molar refractivity (Wildman–Crippen MR) is 156 cm³/mol. The molecule has 0 aliphatic heterocycles. The number of nitrogens with zero attached hydrogens (tertiary/aromatic N) is 4. The highest BCUT2D eigenvalue weighted by Gasteiger charge is 2.45. The zero-order valence-electron chi connectivity index (χ0n) is 22.7. The third-order valence-electron chi connectivity index (χ3n) is 8.83. The molecular weight excluding hydrogens is 504 g/mol. The molecule has 2 aliphatic carbocycles. The van der Waals surface area contributed by atoms with Crippen LogP contribution in [0.25, 0.3) is 44.7 Å². The van der Waals surface area contributed by atoms with Crippen molar-refractivity contribution in [3.8, 4) is 33.6 Å². The molecule has 3 aromatic heterocycles. The molecule has 200 valence electrons. The molecule has 7 rings (SSSR count). The van der Waals surface area contributed by atoms with E-state index in [0.717, 1.165) is 81.2 Å². The Balaban J connectivity index is 1.07. The number of nitrogens with one attached hydrogen (secondary N) is 4. The number of aromatic nitrogens is 6. The van der Waals surface area contributed by atoms with Gasteiger partial charge in [0.1, 0.15) is 22.7 Å². The third kappa shape index (κ3) is 4.68. The summed E-state index contributed by atoms with van der Waals surface area (Å²) in [7, 11) is 0. The number of H-pyrrole nitrogens is 2. The first-order chi connectivity index (χ1) is 18.9. The van der Waals surface area contributed by atoms with Gasteiger partial charge in [-0.2, -0.15) is 8.75 Å². The molecule has 39 heavy (non-hydrogen) atoms. The number of benzene rings is 2. The molecule has 5 aromatic rings. The third-order valence-corrected chi connectivity index (χ3v) is 9.35. The molecule has 2 aliphatic rings. The van der Waals surface area contributed by atoms with Gasteiger partial charge in [0.2, 0.25) is 0 Å². The van der Waals surface area contributed by atoms with E-state index in [4.69, 9.17) is 0 Å². The fourth-order valence-electron chi connectivity index (χ4n) is 5.62. The molecule has 4 N–H and O–H groups in total. The molecule has 9 heteroatoms. The fraction of sp³-hybridized carbons (Fsp3) is 0.400. The van der Waals surface area contributed by atoms with Crippen molar-refractivity contribution in [2.24, 2.45) is 17.3 Å². The van der Waals surface area contributed by atoms with Gasteiger partial charge in [0, 0.05) is 23.2 Å². The normalized spacial score (nSPS) is 23.4. The van der Waals surface area contributed by atoms with E-state index in [9.17, 15) is 0 Å². The van der Waals surface area contributed by atoms with Gasteiger partial charge in [-0.15, -0.1) is 0 Å². The maximum atomic E-state index is 4.67. The standard InChI is InChI=1S/C30H34N8S/c1-16-17(2)27(16)34-15-26-32-12-22(35-26)19-7-5-18(6-8-19)20-9-10-21(29-28(20)37-39-38-29)23-13-33-25(36-23)14-31-24-11-30(24,3)4/h5-10,12-13,16-17,24,27,31,34H,11,14-15H2,1-4H3,(H,32,35)(H,33,36). The van der Waals surface area contributed by atoms with Crippen LogP contribution in [0.15, 0.2) is 48.8 Å². The minimum absolute atomic E-state index is 0.397. The number of aromatic amines is 2. The van der Waals surface area contributed by atoms with E-state index in [1.165, 1.54) is 18.1 Å². The van der Waals surface area contributed by atoms with Crippen LogP contribution in [-0.2, 0) is 13.1 Å². The maximum absolute atomic E-state index is 4.67. The maximum Gasteiger partial charge on any atom is 0.120 e. The summed E-state index contributed by atoms with van der Waals surface area (Å²) in [4.78, 5) is 16.1. The molecule has 0 bridgehead atoms. The Labute approximate surface area is 232 Å². The Morgan fingerprint density at radius 3 is 2.03 bits per heavy atom. The number of imidazole rings is 2. The van der Waals surface area contributed by atoms with E-state index in [0.29, 0.717) is 17.5 Å². The van der Waals surface area contributed by atoms with Crippen molar-refractivity contribution in [3.05, 3.63) is 60.4 Å². The first kappa shape index (κ1) is 24.6. The van der Waals surface area contributed by atoms with Crippen LogP contribution in [0.2, 0.25) is 0 Å². The summed E-state index contributed by atoms with van der Waals surface area (Å²) in [5.41, 5.74) is 8.54. The summed E-state index contributed by atoms with van der Waals surface area (Å²) in [5, 5.41) is 7.20. The van der Waals surface area contributed by atoms with Gasteiger partial charge in [-0.1, -0.05) is 58.0 Å². The molecule has 2 saturated carbocycles. The average Bonchev–Trinajstić information content (AvgIpc) is 3.45. The van der Waals surface area contributed by atoms with Crippen LogP contribution in [0.1, 0.15) is 45.8 Å². The van der Waals surface area contributed by atoms with Gasteiger partial charge >= 0.3 is 0 Å². The molecule has 3 unspecified atom stereocenters. The lowest BCUT2D eigenvalue weighted by Gasteiger charge is -2.07. The summed E-state index contributed by atoms with van der Waals surface area (Å²) in [6.45, 7) is 10.7. The van der Waals surface area contributed by atoms with Crippen molar-refractivity contribution in [2.45, 2.75) is 59.3 Å². The van der Waals surface area contributed by atoms with Gasteiger partial charge < -0.3 is 20.6 Å². The molecular formula is C30H34N8S. The van der Waals surface area contributed by atoms with Crippen LogP contribution < -0.4 is 10.6 Å². The van der Waals surface area contributed by atoms with Gasteiger partial charge in [0.15, 0.2) is 0 Å². The lowest BCUT2D eigenvalue weighted by molar-refractivity contribution is 0.536. The first-order valence-corrected chi connectivity index (χ1v) is 14.5. The molecule has 3 heterocycles. The lowest BCUT2D eigenvalue weighted by atomic mass is 9.99. The van der Waals surface area contributed by atoms with Gasteiger partial charge in [-0.3, -0.25) is 0 Å². The second-order valence-corrected chi connectivity index (χ2v) is 12.5. The highest BCUT2D eigenvalue weighted by Crippen LogP contribution is 2.44. The van der Waals surface area contributed by atoms with Crippen LogP contribution in [0, 0.1) is 17.3 Å². The Morgan fingerprint density at radius 2 is 1.36 bits per heavy atom. The van der Waals surface area contributed by atoms with Crippen molar-refractivity contribution in [1.29, 1.82) is 0 Å². The highest BCUT2D eigenvalue weighted by atomic mass is 32.1. The van der Waals surface area contributed by atoms with Crippen LogP contribution in [-0.4, -0.2) is 40.8 Å². The van der Waals surface area contributed by atoms with Crippen LogP contribution in [0.4, 0.5) is 0 Å². The van der Waals surface area contributed by atoms with Crippen LogP contribution in [0.5, 0.6) is 0 Å². The Kier molecular flexibility index (Phi) is 5.91. The zero-order valence-corrected chi connectivity index (χ0v) is 23.6. The van der Waals surface area contributed by atoms with Crippen molar-refractivity contribution < 1.29 is 0 Å². The van der Waals surface area contributed by atoms with E-state index in [2.05, 4.69) is 103 Å². The van der Waals surface area contributed by atoms with E-state index in [1.807, 2.05) is 12.4 Å². The highest BCUT2D eigenvalue weighted by molar-refractivity contribution is 7.00. The van der Waals surface area contributed by atoms with Crippen LogP contribution >= 0.6 is 11.7 Å². The molecule has 0 saturated heterocycles. The van der Waals surface area contributed by atoms with Gasteiger partial charge in [-0.05, 0) is 40.9 Å². The van der Waals surface area contributed by atoms with E-state index in [-0.39, 0.29) is 0 Å². The van der Waals surface area contributed by atoms with Crippen molar-refractivity contribution in [3.63, 3.8) is 0 Å². The topological polar surface area (TPSA) is 107 Å². The summed E-state index contributed by atoms with van der Waals surface area (Å²) in [6, 6.07) is 14.0. The SMILES string of the molecule is CC1C(C)C1NCc1ncc(-c2ccc(-c3ccc(-c4cnc(CNC5CC5(C)C)[nH]4)c4nsnc34)cc2)[nH]1. The average molecular weight is 539 g/mol. The molecule has 0 radical (unpaired) electrons. The summed E-state index contributed by atoms with van der Waals surface area (Å²) < 4.78 is 9.32. The molecule has 0 amide bonds. The summed E-state index contributed by atoms with van der Waals surface area (Å²) >= 11 is 1.25. The summed E-state index contributed by atoms with van der Waals surface area (Å²) in [6.07, 6.45) is 5.04. The summed E-state index contributed by atoms with van der Waals surface area (Å²) in [5.74, 6) is 3.41. The second kappa shape index (κ2) is 9.36. The minimum atomic E-state index is 0.397. The molecule has 3 atom stereocenters. The van der Waals surface area contributed by atoms with E-state index >= 15 is 0 Å². The van der Waals surface area contributed by atoms with Crippen molar-refractivity contribution >= 4 is 22.8 Å². The molecule has 8 nitrogen and oxygen atoms in total. The van der Waals surface area contributed by atoms with Crippen LogP contribution in [0.3, 0.4) is 0 Å². The molecule has 2 aromatic carbocycles. The second-order valence-electron chi connectivity index (χ2n) is 11.9. The van der Waals surface area contributed by atoms with Gasteiger partial charge in [0.05, 0.1) is 48.6 Å². The van der Waals surface area contributed by atoms with Crippen molar-refractivity contribution in [2.75, 3.05) is 0 Å². The molecule has 2 fully saturated rings. The number of hydrogen-bond acceptors (Lipinski definition) is 7. The number of fused-ring (bicyclic) bond motifs is 1. The number of rotatable bonds is 9. The monoisotopic (exact) mass is 538 g/mol. The number of hydrogen-bond donors (Lipinski definition) is 4. The van der Waals surface area contributed by atoms with E-state index in [1.54, 1.807) is 0 Å². The Hall–Kier alpha value is -3.40. The van der Waals surface area contributed by atoms with Gasteiger partial charge in [0.25, 0.3) is 0 Å². The fourth-order valence-corrected chi connectivity index (χ4v) is 6.19. The van der Waals surface area contributed by atoms with Crippen molar-refractivity contribution in [1.82, 2.24) is 39.3 Å². The van der Waals surface area contributed by atoms with E-state index < -0.39 is 0 Å². The van der Waals surface area contributed by atoms with Gasteiger partial charge in [-0.25, -0.2) is 9.97 Å². The first-order valence-electron chi connectivity index (χ1n) is 13.8. The Morgan fingerprint density at radius 1 is 0.795 bits per heavy atom. The molecule has 0 spiro atoms. The minimum Gasteiger partial charge on any atom is -0.341 e.